The highest BCUT2D eigenvalue weighted by Gasteiger charge is 2.50. The van der Waals surface area contributed by atoms with E-state index < -0.39 is 43.1 Å². The largest absolute Gasteiger partial charge is 0.468 e. The Kier molecular flexibility index (Phi) is 12.1. The van der Waals surface area contributed by atoms with Crippen molar-refractivity contribution < 1.29 is 32.7 Å². The molecule has 3 saturated heterocycles. The van der Waals surface area contributed by atoms with Gasteiger partial charge in [0.2, 0.25) is 5.88 Å². The van der Waals surface area contributed by atoms with Gasteiger partial charge in [-0.2, -0.15) is 4.98 Å². The smallest absolute Gasteiger partial charge is 0.293 e. The standard InChI is InChI=1S/C53H64N8O8S/c1-33(2)39-7-4-5-8-40(39)43-9-6-22-59(43)37-28-53(29-37)19-23-58(24-20-53)36-10-12-41(44(26-36)60-46-25-35-16-21-54-49(35)56-51(46)69-48-32-68-31-47(48)60)50(62)57-70(66,67)38-11-13-42(45(27-38)61(64)65)55-30-34-14-17-52(3,63)18-15-34/h4-5,7-8,10-13,16,21,25-27,33-34,37,43,47-48,55,63H,6,9,14-15,17-20,22-24,28-32H2,1-3H3,(H,54,56)(H,57,62)/t34?,43-,47+,48+,52?/m0/s1. The summed E-state index contributed by atoms with van der Waals surface area (Å²) >= 11 is 0. The molecule has 0 bridgehead atoms. The van der Waals surface area contributed by atoms with Crippen molar-refractivity contribution in [2.75, 3.05) is 54.5 Å². The van der Waals surface area contributed by atoms with Crippen LogP contribution >= 0.6 is 0 Å². The highest BCUT2D eigenvalue weighted by Crippen LogP contribution is 2.55. The van der Waals surface area contributed by atoms with Crippen molar-refractivity contribution >= 4 is 55.4 Å². The van der Waals surface area contributed by atoms with E-state index in [9.17, 15) is 28.4 Å². The third-order valence-electron chi connectivity index (χ3n) is 16.6. The Balaban J connectivity index is 0.856. The number of pyridine rings is 1. The predicted molar refractivity (Wildman–Crippen MR) is 269 cm³/mol. The number of nitro groups is 1. The van der Waals surface area contributed by atoms with Crippen LogP contribution in [0.15, 0.2) is 83.9 Å². The van der Waals surface area contributed by atoms with E-state index in [2.05, 4.69) is 62.9 Å². The van der Waals surface area contributed by atoms with Crippen LogP contribution in [0.1, 0.15) is 118 Å². The zero-order valence-electron chi connectivity index (χ0n) is 40.2. The average Bonchev–Trinajstić information content (AvgIpc) is 4.13. The van der Waals surface area contributed by atoms with Crippen molar-refractivity contribution in [3.05, 3.63) is 106 Å². The fraction of sp³-hybridized carbons (Fsp3) is 0.509. The maximum Gasteiger partial charge on any atom is 0.293 e. The molecule has 16 nitrogen and oxygen atoms in total. The molecule has 3 atom stereocenters. The van der Waals surface area contributed by atoms with E-state index in [0.29, 0.717) is 73.5 Å². The van der Waals surface area contributed by atoms with Crippen molar-refractivity contribution in [3.63, 3.8) is 0 Å². The van der Waals surface area contributed by atoms with Gasteiger partial charge in [-0.05, 0) is 149 Å². The van der Waals surface area contributed by atoms with Gasteiger partial charge < -0.3 is 34.7 Å². The van der Waals surface area contributed by atoms with E-state index >= 15 is 0 Å². The fourth-order valence-corrected chi connectivity index (χ4v) is 13.5. The molecule has 11 rings (SSSR count). The van der Waals surface area contributed by atoms with Gasteiger partial charge in [0.15, 0.2) is 0 Å². The van der Waals surface area contributed by atoms with E-state index in [1.807, 2.05) is 36.1 Å². The van der Waals surface area contributed by atoms with Crippen molar-refractivity contribution in [2.45, 2.75) is 126 Å². The van der Waals surface area contributed by atoms with Gasteiger partial charge in [0, 0.05) is 55.1 Å². The summed E-state index contributed by atoms with van der Waals surface area (Å²) < 4.78 is 42.9. The topological polar surface area (TPSA) is 196 Å². The number of anilines is 4. The first kappa shape index (κ1) is 46.6. The van der Waals surface area contributed by atoms with Crippen molar-refractivity contribution in [3.8, 4) is 5.88 Å². The normalized spacial score (nSPS) is 25.7. The number of H-pyrrole nitrogens is 1. The zero-order valence-corrected chi connectivity index (χ0v) is 41.0. The van der Waals surface area contributed by atoms with Crippen LogP contribution in [-0.2, 0) is 14.8 Å². The number of amides is 1. The fourth-order valence-electron chi connectivity index (χ4n) is 12.5. The van der Waals surface area contributed by atoms with Crippen LogP contribution in [0, 0.1) is 21.4 Å². The molecule has 2 aliphatic carbocycles. The number of benzene rings is 3. The number of fused-ring (bicyclic) bond motifs is 3. The number of hydrogen-bond acceptors (Lipinski definition) is 13. The van der Waals surface area contributed by atoms with Crippen molar-refractivity contribution in [1.82, 2.24) is 19.6 Å². The molecule has 4 N–H and O–H groups in total. The maximum absolute atomic E-state index is 14.6. The van der Waals surface area contributed by atoms with Crippen LogP contribution in [0.3, 0.4) is 0 Å². The molecular formula is C53H64N8O8S. The molecule has 0 unspecified atom stereocenters. The predicted octanol–water partition coefficient (Wildman–Crippen LogP) is 8.95. The third-order valence-corrected chi connectivity index (χ3v) is 17.9. The number of piperidine rings is 1. The van der Waals surface area contributed by atoms with Crippen molar-refractivity contribution in [1.29, 1.82) is 0 Å². The Labute approximate surface area is 409 Å². The van der Waals surface area contributed by atoms with Gasteiger partial charge in [-0.15, -0.1) is 0 Å². The lowest BCUT2D eigenvalue weighted by Crippen LogP contribution is -2.55. The van der Waals surface area contributed by atoms with Gasteiger partial charge in [0.1, 0.15) is 23.1 Å². The number of likely N-dealkylation sites (tertiary alicyclic amines) is 1. The molecule has 2 saturated carbocycles. The van der Waals surface area contributed by atoms with Gasteiger partial charge in [0.05, 0.1) is 45.9 Å². The second-order valence-corrected chi connectivity index (χ2v) is 23.2. The van der Waals surface area contributed by atoms with Crippen LogP contribution < -0.4 is 24.6 Å². The molecule has 1 amide bonds. The number of sulfonamides is 1. The molecule has 5 fully saturated rings. The molecular weight excluding hydrogens is 909 g/mol. The lowest BCUT2D eigenvalue weighted by molar-refractivity contribution is -0.384. The monoisotopic (exact) mass is 972 g/mol. The number of carbonyl (C=O) groups excluding carboxylic acids is 1. The highest BCUT2D eigenvalue weighted by molar-refractivity contribution is 7.90. The number of hydrogen-bond donors (Lipinski definition) is 4. The van der Waals surface area contributed by atoms with Gasteiger partial charge in [-0.25, -0.2) is 13.1 Å². The molecule has 0 radical (unpaired) electrons. The van der Waals surface area contributed by atoms with Crippen molar-refractivity contribution in [2.24, 2.45) is 11.3 Å². The van der Waals surface area contributed by atoms with Crippen LogP contribution in [0.2, 0.25) is 0 Å². The Morgan fingerprint density at radius 1 is 0.971 bits per heavy atom. The molecule has 4 aliphatic heterocycles. The average molecular weight is 973 g/mol. The van der Waals surface area contributed by atoms with Gasteiger partial charge in [-0.3, -0.25) is 19.8 Å². The van der Waals surface area contributed by atoms with Gasteiger partial charge >= 0.3 is 0 Å². The third kappa shape index (κ3) is 8.76. The molecule has 370 valence electrons. The molecule has 5 aromatic rings. The summed E-state index contributed by atoms with van der Waals surface area (Å²) in [5.41, 5.74) is 5.07. The summed E-state index contributed by atoms with van der Waals surface area (Å²) in [4.78, 5) is 41.1. The highest BCUT2D eigenvalue weighted by atomic mass is 32.2. The molecule has 1 spiro atoms. The molecule has 17 heteroatoms. The quantitative estimate of drug-likeness (QED) is 0.0684. The summed E-state index contributed by atoms with van der Waals surface area (Å²) in [6, 6.07) is 22.8. The Morgan fingerprint density at radius 2 is 1.76 bits per heavy atom. The SMILES string of the molecule is CC(C)c1ccccc1[C@@H]1CCCN1C1CC2(CCN(c3ccc(C(=O)NS(=O)(=O)c4ccc(NCC5CCC(C)(O)CC5)c([N+](=O)[O-])c4)c(N4c5cc6cc[nH]c6nc5O[C@@H]5COC[C@H]54)c3)CC2)C1. The van der Waals surface area contributed by atoms with E-state index in [4.69, 9.17) is 14.5 Å². The minimum Gasteiger partial charge on any atom is -0.468 e. The zero-order chi connectivity index (χ0) is 48.5. The van der Waals surface area contributed by atoms with Gasteiger partial charge in [-0.1, -0.05) is 38.1 Å². The molecule has 3 aromatic carbocycles. The minimum atomic E-state index is -4.61. The number of nitrogens with one attached hydrogen (secondary N) is 3. The molecule has 6 aliphatic rings. The number of aliphatic hydroxyl groups is 1. The summed E-state index contributed by atoms with van der Waals surface area (Å²) in [5, 5.41) is 26.7. The Bertz CT molecular complexity index is 2910. The molecule has 2 aromatic heterocycles. The lowest BCUT2D eigenvalue weighted by atomic mass is 9.59. The van der Waals surface area contributed by atoms with Crippen LogP contribution in [0.25, 0.3) is 11.0 Å². The second kappa shape index (κ2) is 18.1. The minimum absolute atomic E-state index is 0.105. The van der Waals surface area contributed by atoms with E-state index in [1.54, 1.807) is 12.3 Å². The lowest BCUT2D eigenvalue weighted by Gasteiger charge is -2.56. The number of ether oxygens (including phenoxy) is 2. The number of nitro benzene ring substituents is 1. The van der Waals surface area contributed by atoms with Gasteiger partial charge in [0.25, 0.3) is 21.6 Å². The summed E-state index contributed by atoms with van der Waals surface area (Å²) in [7, 11) is -4.61. The maximum atomic E-state index is 14.6. The first-order chi connectivity index (χ1) is 33.6. The first-order valence-electron chi connectivity index (χ1n) is 25.2. The van der Waals surface area contributed by atoms with E-state index in [-0.39, 0.29) is 28.6 Å². The molecule has 6 heterocycles. The van der Waals surface area contributed by atoms with Crippen LogP contribution in [0.5, 0.6) is 5.88 Å². The van der Waals surface area contributed by atoms with Crippen LogP contribution in [0.4, 0.5) is 28.4 Å². The molecule has 70 heavy (non-hydrogen) atoms. The van der Waals surface area contributed by atoms with Crippen LogP contribution in [-0.4, -0.2) is 102 Å². The Morgan fingerprint density at radius 3 is 2.53 bits per heavy atom. The number of rotatable bonds is 12. The first-order valence-corrected chi connectivity index (χ1v) is 26.7. The van der Waals surface area contributed by atoms with E-state index in [0.717, 1.165) is 62.5 Å². The summed E-state index contributed by atoms with van der Waals surface area (Å²) in [5.74, 6) is 0.177. The number of aromatic amines is 1. The number of nitrogens with zero attached hydrogens (tertiary/aromatic N) is 5. The second-order valence-electron chi connectivity index (χ2n) is 21.5. The summed E-state index contributed by atoms with van der Waals surface area (Å²) in [6.07, 6.45) is 11.1. The number of aromatic nitrogens is 2. The number of carbonyl (C=O) groups is 1. The Hall–Kier alpha value is -5.75. The summed E-state index contributed by atoms with van der Waals surface area (Å²) in [6.45, 7) is 10.3. The van der Waals surface area contributed by atoms with E-state index in [1.165, 1.54) is 48.9 Å².